The van der Waals surface area contributed by atoms with Gasteiger partial charge in [0, 0.05) is 25.8 Å². The Balaban J connectivity index is 1.87. The lowest BCUT2D eigenvalue weighted by Gasteiger charge is -2.08. The molecular weight excluding hydrogens is 266 g/mol. The van der Waals surface area contributed by atoms with E-state index in [1.54, 1.807) is 7.11 Å². The number of hydrogen-bond donors (Lipinski definition) is 1. The lowest BCUT2D eigenvalue weighted by Crippen LogP contribution is -2.07. The summed E-state index contributed by atoms with van der Waals surface area (Å²) < 4.78 is 10.7. The van der Waals surface area contributed by atoms with Crippen molar-refractivity contribution >= 4 is 5.69 Å². The van der Waals surface area contributed by atoms with Crippen molar-refractivity contribution in [2.75, 3.05) is 19.0 Å². The van der Waals surface area contributed by atoms with Crippen molar-refractivity contribution in [3.63, 3.8) is 0 Å². The van der Waals surface area contributed by atoms with Crippen LogP contribution in [0.3, 0.4) is 0 Å². The Bertz CT molecular complexity index is 554. The van der Waals surface area contributed by atoms with Crippen LogP contribution < -0.4 is 5.32 Å². The van der Waals surface area contributed by atoms with Crippen LogP contribution in [-0.2, 0) is 11.2 Å². The molecule has 114 valence electrons. The minimum atomic E-state index is -0.0724. The molecule has 0 saturated carbocycles. The zero-order valence-corrected chi connectivity index (χ0v) is 12.9. The molecule has 1 heterocycles. The van der Waals surface area contributed by atoms with Crippen LogP contribution >= 0.6 is 0 Å². The quantitative estimate of drug-likeness (QED) is 0.805. The average Bonchev–Trinajstić information content (AvgIpc) is 2.95. The Hall–Kier alpha value is -1.88. The first-order valence-corrected chi connectivity index (χ1v) is 7.39. The number of aromatic nitrogens is 2. The summed E-state index contributed by atoms with van der Waals surface area (Å²) in [5.74, 6) is 1.29. The van der Waals surface area contributed by atoms with E-state index in [0.29, 0.717) is 18.1 Å². The predicted molar refractivity (Wildman–Crippen MR) is 82.3 cm³/mol. The molecule has 1 unspecified atom stereocenters. The van der Waals surface area contributed by atoms with Gasteiger partial charge in [0.25, 0.3) is 0 Å². The van der Waals surface area contributed by atoms with Crippen LogP contribution in [0.5, 0.6) is 0 Å². The molecule has 0 aliphatic rings. The monoisotopic (exact) mass is 289 g/mol. The molecular formula is C16H23N3O2. The van der Waals surface area contributed by atoms with E-state index in [-0.39, 0.29) is 6.10 Å². The fourth-order valence-electron chi connectivity index (χ4n) is 2.19. The summed E-state index contributed by atoms with van der Waals surface area (Å²) >= 11 is 0. The molecule has 0 aliphatic heterocycles. The number of benzene rings is 1. The first kappa shape index (κ1) is 15.5. The van der Waals surface area contributed by atoms with E-state index in [1.165, 1.54) is 5.56 Å². The highest BCUT2D eigenvalue weighted by molar-refractivity contribution is 5.50. The van der Waals surface area contributed by atoms with E-state index in [9.17, 15) is 0 Å². The van der Waals surface area contributed by atoms with Gasteiger partial charge in [0.15, 0.2) is 0 Å². The number of ether oxygens (including phenoxy) is 1. The van der Waals surface area contributed by atoms with Gasteiger partial charge in [-0.2, -0.15) is 4.98 Å². The molecule has 1 atom stereocenters. The largest absolute Gasteiger partial charge is 0.384 e. The summed E-state index contributed by atoms with van der Waals surface area (Å²) in [5, 5.41) is 7.39. The summed E-state index contributed by atoms with van der Waals surface area (Å²) in [5.41, 5.74) is 2.36. The number of anilines is 1. The normalized spacial score (nSPS) is 12.3. The minimum Gasteiger partial charge on any atom is -0.384 e. The molecule has 1 aromatic carbocycles. The molecule has 1 aromatic heterocycles. The molecule has 1 N–H and O–H groups in total. The third-order valence-corrected chi connectivity index (χ3v) is 3.41. The molecule has 5 nitrogen and oxygen atoms in total. The summed E-state index contributed by atoms with van der Waals surface area (Å²) in [6.45, 7) is 4.96. The molecule has 0 amide bonds. The topological polar surface area (TPSA) is 60.2 Å². The second kappa shape index (κ2) is 7.78. The third-order valence-electron chi connectivity index (χ3n) is 3.41. The van der Waals surface area contributed by atoms with E-state index in [2.05, 4.69) is 41.4 Å². The molecule has 2 aromatic rings. The smallest absolute Gasteiger partial charge is 0.228 e. The van der Waals surface area contributed by atoms with Crippen molar-refractivity contribution in [3.05, 3.63) is 41.5 Å². The zero-order valence-electron chi connectivity index (χ0n) is 12.9. The van der Waals surface area contributed by atoms with Crippen LogP contribution in [0, 0.1) is 6.92 Å². The SMILES string of the molecule is CCCC(OC)c1noc(CCNc2ccccc2C)n1. The summed E-state index contributed by atoms with van der Waals surface area (Å²) in [7, 11) is 1.68. The van der Waals surface area contributed by atoms with Crippen LogP contribution in [0.25, 0.3) is 0 Å². The van der Waals surface area contributed by atoms with Crippen LogP contribution in [0.1, 0.15) is 43.1 Å². The van der Waals surface area contributed by atoms with Gasteiger partial charge < -0.3 is 14.6 Å². The Labute approximate surface area is 125 Å². The summed E-state index contributed by atoms with van der Waals surface area (Å²) in [6, 6.07) is 8.20. The highest BCUT2D eigenvalue weighted by Gasteiger charge is 2.16. The van der Waals surface area contributed by atoms with Crippen molar-refractivity contribution in [3.8, 4) is 0 Å². The van der Waals surface area contributed by atoms with E-state index >= 15 is 0 Å². The first-order valence-electron chi connectivity index (χ1n) is 7.39. The molecule has 0 aliphatic carbocycles. The summed E-state index contributed by atoms with van der Waals surface area (Å²) in [4.78, 5) is 4.41. The molecule has 0 saturated heterocycles. The first-order chi connectivity index (χ1) is 10.2. The Morgan fingerprint density at radius 2 is 2.14 bits per heavy atom. The zero-order chi connectivity index (χ0) is 15.1. The highest BCUT2D eigenvalue weighted by Crippen LogP contribution is 2.19. The Kier molecular flexibility index (Phi) is 5.75. The molecule has 5 heteroatoms. The van der Waals surface area contributed by atoms with Gasteiger partial charge in [-0.3, -0.25) is 0 Å². The van der Waals surface area contributed by atoms with Gasteiger partial charge in [-0.05, 0) is 25.0 Å². The van der Waals surface area contributed by atoms with Crippen LogP contribution in [0.15, 0.2) is 28.8 Å². The van der Waals surface area contributed by atoms with Crippen LogP contribution in [0.4, 0.5) is 5.69 Å². The van der Waals surface area contributed by atoms with Gasteiger partial charge in [0.1, 0.15) is 6.10 Å². The average molecular weight is 289 g/mol. The lowest BCUT2D eigenvalue weighted by atomic mass is 10.2. The second-order valence-corrected chi connectivity index (χ2v) is 5.05. The van der Waals surface area contributed by atoms with E-state index in [1.807, 2.05) is 12.1 Å². The molecule has 2 rings (SSSR count). The van der Waals surface area contributed by atoms with E-state index in [0.717, 1.165) is 25.1 Å². The number of rotatable bonds is 8. The minimum absolute atomic E-state index is 0.0724. The molecule has 0 spiro atoms. The van der Waals surface area contributed by atoms with Gasteiger partial charge in [-0.15, -0.1) is 0 Å². The summed E-state index contributed by atoms with van der Waals surface area (Å²) in [6.07, 6.45) is 2.55. The lowest BCUT2D eigenvalue weighted by molar-refractivity contribution is 0.0854. The van der Waals surface area contributed by atoms with Crippen molar-refractivity contribution < 1.29 is 9.26 Å². The predicted octanol–water partition coefficient (Wildman–Crippen LogP) is 3.52. The van der Waals surface area contributed by atoms with Gasteiger partial charge >= 0.3 is 0 Å². The fraction of sp³-hybridized carbons (Fsp3) is 0.500. The van der Waals surface area contributed by atoms with E-state index in [4.69, 9.17) is 9.26 Å². The second-order valence-electron chi connectivity index (χ2n) is 5.05. The number of hydrogen-bond acceptors (Lipinski definition) is 5. The Morgan fingerprint density at radius 1 is 1.33 bits per heavy atom. The van der Waals surface area contributed by atoms with Crippen molar-refractivity contribution in [2.24, 2.45) is 0 Å². The van der Waals surface area contributed by atoms with Crippen molar-refractivity contribution in [1.29, 1.82) is 0 Å². The maximum atomic E-state index is 5.38. The molecule has 0 fully saturated rings. The number of para-hydroxylation sites is 1. The number of methoxy groups -OCH3 is 1. The third kappa shape index (κ3) is 4.29. The maximum Gasteiger partial charge on any atom is 0.228 e. The standard InChI is InChI=1S/C16H23N3O2/c1-4-7-14(20-3)16-18-15(21-19-16)10-11-17-13-9-6-5-8-12(13)2/h5-6,8-9,14,17H,4,7,10-11H2,1-3H3. The van der Waals surface area contributed by atoms with Gasteiger partial charge in [0.2, 0.25) is 11.7 Å². The number of aryl methyl sites for hydroxylation is 1. The number of nitrogens with one attached hydrogen (secondary N) is 1. The van der Waals surface area contributed by atoms with Gasteiger partial charge in [-0.25, -0.2) is 0 Å². The molecule has 0 bridgehead atoms. The Morgan fingerprint density at radius 3 is 2.86 bits per heavy atom. The molecule has 21 heavy (non-hydrogen) atoms. The highest BCUT2D eigenvalue weighted by atomic mass is 16.5. The van der Waals surface area contributed by atoms with Crippen molar-refractivity contribution in [1.82, 2.24) is 10.1 Å². The van der Waals surface area contributed by atoms with Crippen molar-refractivity contribution in [2.45, 2.75) is 39.2 Å². The maximum absolute atomic E-state index is 5.38. The van der Waals surface area contributed by atoms with E-state index < -0.39 is 0 Å². The molecule has 0 radical (unpaired) electrons. The van der Waals surface area contributed by atoms with Gasteiger partial charge in [-0.1, -0.05) is 36.7 Å². The van der Waals surface area contributed by atoms with Crippen LogP contribution in [-0.4, -0.2) is 23.8 Å². The van der Waals surface area contributed by atoms with Crippen LogP contribution in [0.2, 0.25) is 0 Å². The number of nitrogens with zero attached hydrogens (tertiary/aromatic N) is 2. The van der Waals surface area contributed by atoms with Gasteiger partial charge in [0.05, 0.1) is 0 Å². The fourth-order valence-corrected chi connectivity index (χ4v) is 2.19.